The van der Waals surface area contributed by atoms with Crippen LogP contribution in [0.25, 0.3) is 0 Å². The summed E-state index contributed by atoms with van der Waals surface area (Å²) in [4.78, 5) is 14.5. The number of hydrogen-bond acceptors (Lipinski definition) is 5. The highest BCUT2D eigenvalue weighted by molar-refractivity contribution is 7.71. The minimum Gasteiger partial charge on any atom is -0.347 e. The van der Waals surface area contributed by atoms with Crippen LogP contribution in [0, 0.1) is 4.77 Å². The van der Waals surface area contributed by atoms with Crippen molar-refractivity contribution in [1.29, 1.82) is 0 Å². The van der Waals surface area contributed by atoms with Crippen LogP contribution in [-0.2, 0) is 6.54 Å². The monoisotopic (exact) mass is 247 g/mol. The van der Waals surface area contributed by atoms with Crippen LogP contribution in [0.15, 0.2) is 30.7 Å². The molecule has 2 rings (SSSR count). The Morgan fingerprint density at radius 2 is 2.12 bits per heavy atom. The van der Waals surface area contributed by atoms with E-state index < -0.39 is 0 Å². The van der Waals surface area contributed by atoms with Crippen molar-refractivity contribution in [2.24, 2.45) is 0 Å². The van der Waals surface area contributed by atoms with Crippen molar-refractivity contribution in [2.75, 3.05) is 19.0 Å². The molecule has 0 saturated carbocycles. The molecule has 88 valence electrons. The van der Waals surface area contributed by atoms with E-state index >= 15 is 0 Å². The zero-order chi connectivity index (χ0) is 12.3. The Labute approximate surface area is 105 Å². The Morgan fingerprint density at radius 3 is 2.71 bits per heavy atom. The molecule has 0 spiro atoms. The molecule has 17 heavy (non-hydrogen) atoms. The molecule has 0 N–H and O–H groups in total. The molecule has 2 aromatic rings. The van der Waals surface area contributed by atoms with Gasteiger partial charge in [-0.2, -0.15) is 4.98 Å². The highest BCUT2D eigenvalue weighted by Gasteiger charge is 2.02. The number of anilines is 1. The molecule has 5 nitrogen and oxygen atoms in total. The van der Waals surface area contributed by atoms with Crippen LogP contribution in [0.3, 0.4) is 0 Å². The van der Waals surface area contributed by atoms with Crippen molar-refractivity contribution in [3.63, 3.8) is 0 Å². The molecule has 0 bridgehead atoms. The van der Waals surface area contributed by atoms with Gasteiger partial charge in [-0.3, -0.25) is 4.98 Å². The normalized spacial score (nSPS) is 10.2. The average Bonchev–Trinajstić information content (AvgIpc) is 2.33. The first-order valence-corrected chi connectivity index (χ1v) is 5.58. The molecule has 0 aliphatic rings. The zero-order valence-corrected chi connectivity index (χ0v) is 10.6. The van der Waals surface area contributed by atoms with Crippen molar-refractivity contribution in [2.45, 2.75) is 6.54 Å². The summed E-state index contributed by atoms with van der Waals surface area (Å²) in [5, 5.41) is 0. The Hall–Kier alpha value is -1.82. The van der Waals surface area contributed by atoms with Gasteiger partial charge in [0, 0.05) is 20.3 Å². The van der Waals surface area contributed by atoms with Crippen LogP contribution >= 0.6 is 12.2 Å². The van der Waals surface area contributed by atoms with E-state index in [1.807, 2.05) is 37.2 Å². The third-order valence-corrected chi connectivity index (χ3v) is 2.54. The highest BCUT2D eigenvalue weighted by Crippen LogP contribution is 2.03. The molecule has 2 aromatic heterocycles. The second-order valence-corrected chi connectivity index (χ2v) is 4.15. The predicted molar refractivity (Wildman–Crippen MR) is 68.5 cm³/mol. The predicted octanol–water partition coefficient (Wildman–Crippen LogP) is 1.52. The van der Waals surface area contributed by atoms with Crippen LogP contribution in [0.2, 0.25) is 0 Å². The minimum atomic E-state index is 0.509. The first-order chi connectivity index (χ1) is 8.16. The molecule has 0 fully saturated rings. The second-order valence-electron chi connectivity index (χ2n) is 3.78. The van der Waals surface area contributed by atoms with Gasteiger partial charge in [0.15, 0.2) is 0 Å². The molecule has 0 unspecified atom stereocenters. The molecular formula is C11H13N5S. The fourth-order valence-electron chi connectivity index (χ4n) is 1.34. The SMILES string of the molecule is CN(C)c1ncn(Cc2ccccn2)c(=S)n1. The standard InChI is InChI=1S/C11H13N5S/c1-15(2)10-13-8-16(11(17)14-10)7-9-5-3-4-6-12-9/h3-6,8H,7H2,1-2H3. The van der Waals surface area contributed by atoms with Crippen LogP contribution < -0.4 is 4.90 Å². The van der Waals surface area contributed by atoms with Gasteiger partial charge in [-0.15, -0.1) is 0 Å². The van der Waals surface area contributed by atoms with E-state index in [0.717, 1.165) is 5.69 Å². The number of pyridine rings is 1. The summed E-state index contributed by atoms with van der Waals surface area (Å²) < 4.78 is 2.30. The highest BCUT2D eigenvalue weighted by atomic mass is 32.1. The lowest BCUT2D eigenvalue weighted by atomic mass is 10.3. The van der Waals surface area contributed by atoms with Gasteiger partial charge < -0.3 is 9.47 Å². The van der Waals surface area contributed by atoms with E-state index in [1.54, 1.807) is 17.1 Å². The van der Waals surface area contributed by atoms with Crippen molar-refractivity contribution in [3.05, 3.63) is 41.2 Å². The van der Waals surface area contributed by atoms with Crippen molar-refractivity contribution < 1.29 is 0 Å². The molecule has 0 aliphatic heterocycles. The van der Waals surface area contributed by atoms with E-state index in [0.29, 0.717) is 17.3 Å². The van der Waals surface area contributed by atoms with Gasteiger partial charge in [0.25, 0.3) is 0 Å². The maximum atomic E-state index is 5.22. The topological polar surface area (TPSA) is 46.8 Å². The zero-order valence-electron chi connectivity index (χ0n) is 9.74. The summed E-state index contributed by atoms with van der Waals surface area (Å²) in [7, 11) is 3.76. The van der Waals surface area contributed by atoms with Crippen molar-refractivity contribution >= 4 is 18.2 Å². The molecule has 2 heterocycles. The Balaban J connectivity index is 2.26. The van der Waals surface area contributed by atoms with E-state index in [4.69, 9.17) is 12.2 Å². The first-order valence-electron chi connectivity index (χ1n) is 5.17. The maximum Gasteiger partial charge on any atom is 0.228 e. The minimum absolute atomic E-state index is 0.509. The number of hydrogen-bond donors (Lipinski definition) is 0. The fourth-order valence-corrected chi connectivity index (χ4v) is 1.53. The van der Waals surface area contributed by atoms with Gasteiger partial charge in [0.05, 0.1) is 12.2 Å². The van der Waals surface area contributed by atoms with Crippen molar-refractivity contribution in [3.8, 4) is 0 Å². The third-order valence-electron chi connectivity index (χ3n) is 2.21. The summed E-state index contributed by atoms with van der Waals surface area (Å²) >= 11 is 5.22. The summed E-state index contributed by atoms with van der Waals surface area (Å²) in [6.45, 7) is 0.591. The van der Waals surface area contributed by atoms with E-state index in [1.165, 1.54) is 0 Å². The lowest BCUT2D eigenvalue weighted by molar-refractivity contribution is 0.704. The number of aromatic nitrogens is 4. The van der Waals surface area contributed by atoms with E-state index in [-0.39, 0.29) is 0 Å². The van der Waals surface area contributed by atoms with Gasteiger partial charge in [-0.25, -0.2) is 4.98 Å². The maximum absolute atomic E-state index is 5.22. The average molecular weight is 247 g/mol. The largest absolute Gasteiger partial charge is 0.347 e. The molecule has 6 heteroatoms. The lowest BCUT2D eigenvalue weighted by Gasteiger charge is -2.11. The summed E-state index contributed by atoms with van der Waals surface area (Å²) in [6, 6.07) is 5.77. The number of rotatable bonds is 3. The van der Waals surface area contributed by atoms with Gasteiger partial charge in [-0.05, 0) is 24.4 Å². The first kappa shape index (κ1) is 11.7. The quantitative estimate of drug-likeness (QED) is 0.770. The van der Waals surface area contributed by atoms with Crippen LogP contribution in [0.1, 0.15) is 5.69 Å². The Kier molecular flexibility index (Phi) is 3.43. The van der Waals surface area contributed by atoms with Gasteiger partial charge in [0.2, 0.25) is 10.7 Å². The molecule has 0 aromatic carbocycles. The van der Waals surface area contributed by atoms with Gasteiger partial charge in [0.1, 0.15) is 6.33 Å². The Morgan fingerprint density at radius 1 is 1.29 bits per heavy atom. The molecule has 0 aliphatic carbocycles. The fraction of sp³-hybridized carbons (Fsp3) is 0.273. The lowest BCUT2D eigenvalue weighted by Crippen LogP contribution is -2.15. The molecule has 0 atom stereocenters. The van der Waals surface area contributed by atoms with Gasteiger partial charge >= 0.3 is 0 Å². The number of nitrogens with zero attached hydrogens (tertiary/aromatic N) is 5. The molecule has 0 amide bonds. The van der Waals surface area contributed by atoms with E-state index in [2.05, 4.69) is 15.0 Å². The van der Waals surface area contributed by atoms with Crippen LogP contribution in [-0.4, -0.2) is 33.6 Å². The Bertz CT molecular complexity index is 549. The second kappa shape index (κ2) is 5.01. The summed E-state index contributed by atoms with van der Waals surface area (Å²) in [6.07, 6.45) is 3.45. The molecule has 0 radical (unpaired) electrons. The van der Waals surface area contributed by atoms with E-state index in [9.17, 15) is 0 Å². The summed E-state index contributed by atoms with van der Waals surface area (Å²) in [5.74, 6) is 0.618. The molecular weight excluding hydrogens is 234 g/mol. The van der Waals surface area contributed by atoms with Gasteiger partial charge in [-0.1, -0.05) is 6.07 Å². The molecule has 0 saturated heterocycles. The summed E-state index contributed by atoms with van der Waals surface area (Å²) in [5.41, 5.74) is 0.935. The van der Waals surface area contributed by atoms with Crippen molar-refractivity contribution in [1.82, 2.24) is 19.5 Å². The smallest absolute Gasteiger partial charge is 0.228 e. The third kappa shape index (κ3) is 2.85. The van der Waals surface area contributed by atoms with Crippen LogP contribution in [0.4, 0.5) is 5.95 Å². The van der Waals surface area contributed by atoms with Crippen LogP contribution in [0.5, 0.6) is 0 Å².